The van der Waals surface area contributed by atoms with Crippen molar-refractivity contribution in [2.24, 2.45) is 5.92 Å². The van der Waals surface area contributed by atoms with Gasteiger partial charge in [-0.2, -0.15) is 0 Å². The Kier molecular flexibility index (Phi) is 3.48. The van der Waals surface area contributed by atoms with Crippen molar-refractivity contribution >= 4 is 5.91 Å². The fourth-order valence-corrected chi connectivity index (χ4v) is 2.14. The van der Waals surface area contributed by atoms with Crippen LogP contribution in [0.2, 0.25) is 0 Å². The predicted molar refractivity (Wildman–Crippen MR) is 66.6 cm³/mol. The van der Waals surface area contributed by atoms with Crippen molar-refractivity contribution in [3.63, 3.8) is 0 Å². The zero-order valence-corrected chi connectivity index (χ0v) is 10.3. The van der Waals surface area contributed by atoms with Crippen LogP contribution in [-0.4, -0.2) is 35.6 Å². The van der Waals surface area contributed by atoms with Crippen LogP contribution in [0.1, 0.15) is 24.8 Å². The van der Waals surface area contributed by atoms with Gasteiger partial charge in [0, 0.05) is 13.0 Å². The van der Waals surface area contributed by atoms with E-state index in [1.807, 2.05) is 25.1 Å². The van der Waals surface area contributed by atoms with Gasteiger partial charge in [-0.1, -0.05) is 30.3 Å². The third-order valence-electron chi connectivity index (χ3n) is 3.61. The van der Waals surface area contributed by atoms with Crippen LogP contribution < -0.4 is 0 Å². The summed E-state index contributed by atoms with van der Waals surface area (Å²) < 4.78 is 0. The molecule has 92 valence electrons. The molecule has 0 aliphatic heterocycles. The first-order chi connectivity index (χ1) is 8.15. The molecule has 3 unspecified atom stereocenters. The molecule has 0 radical (unpaired) electrons. The van der Waals surface area contributed by atoms with Crippen LogP contribution in [0.15, 0.2) is 30.3 Å². The van der Waals surface area contributed by atoms with E-state index in [0.717, 1.165) is 6.42 Å². The van der Waals surface area contributed by atoms with Gasteiger partial charge in [0.1, 0.15) is 0 Å². The number of aliphatic hydroxyl groups is 1. The first-order valence-corrected chi connectivity index (χ1v) is 6.07. The molecule has 1 amide bonds. The maximum absolute atomic E-state index is 12.1. The average Bonchev–Trinajstić information content (AvgIpc) is 3.17. The van der Waals surface area contributed by atoms with E-state index in [-0.39, 0.29) is 24.5 Å². The van der Waals surface area contributed by atoms with Crippen molar-refractivity contribution < 1.29 is 9.90 Å². The number of likely N-dealkylation sites (N-methyl/N-ethyl adjacent to an activating group) is 1. The minimum Gasteiger partial charge on any atom is -0.394 e. The summed E-state index contributed by atoms with van der Waals surface area (Å²) in [5.74, 6) is 0.633. The van der Waals surface area contributed by atoms with Gasteiger partial charge in [0.25, 0.3) is 0 Å². The smallest absolute Gasteiger partial charge is 0.226 e. The standard InChI is InChI=1S/C14H19NO2/c1-10(9-16)15(2)14(17)13-8-12(13)11-6-4-3-5-7-11/h3-7,10,12-13,16H,8-9H2,1-2H3. The summed E-state index contributed by atoms with van der Waals surface area (Å²) in [7, 11) is 1.77. The van der Waals surface area contributed by atoms with E-state index in [1.54, 1.807) is 11.9 Å². The molecule has 2 rings (SSSR count). The highest BCUT2D eigenvalue weighted by Crippen LogP contribution is 2.48. The van der Waals surface area contributed by atoms with Crippen molar-refractivity contribution in [3.05, 3.63) is 35.9 Å². The van der Waals surface area contributed by atoms with Crippen LogP contribution in [0.5, 0.6) is 0 Å². The summed E-state index contributed by atoms with van der Waals surface area (Å²) in [6.45, 7) is 1.88. The molecule has 1 saturated carbocycles. The Morgan fingerprint density at radius 1 is 1.47 bits per heavy atom. The maximum Gasteiger partial charge on any atom is 0.226 e. The molecule has 1 N–H and O–H groups in total. The zero-order chi connectivity index (χ0) is 12.4. The minimum absolute atomic E-state index is 0.0188. The molecule has 3 heteroatoms. The minimum atomic E-state index is -0.0977. The van der Waals surface area contributed by atoms with Crippen LogP contribution in [0.3, 0.4) is 0 Å². The third kappa shape index (κ3) is 2.50. The first kappa shape index (κ1) is 12.1. The van der Waals surface area contributed by atoms with Crippen LogP contribution >= 0.6 is 0 Å². The lowest BCUT2D eigenvalue weighted by Gasteiger charge is -2.23. The highest BCUT2D eigenvalue weighted by atomic mass is 16.3. The fourth-order valence-electron chi connectivity index (χ4n) is 2.14. The largest absolute Gasteiger partial charge is 0.394 e. The molecule has 0 heterocycles. The Morgan fingerprint density at radius 2 is 2.12 bits per heavy atom. The number of hydrogen-bond acceptors (Lipinski definition) is 2. The Hall–Kier alpha value is -1.35. The lowest BCUT2D eigenvalue weighted by molar-refractivity contribution is -0.133. The second-order valence-electron chi connectivity index (χ2n) is 4.84. The number of aliphatic hydroxyl groups excluding tert-OH is 1. The molecule has 3 atom stereocenters. The summed E-state index contributed by atoms with van der Waals surface area (Å²) in [4.78, 5) is 13.8. The zero-order valence-electron chi connectivity index (χ0n) is 10.3. The summed E-state index contributed by atoms with van der Waals surface area (Å²) in [5.41, 5.74) is 1.25. The molecule has 3 nitrogen and oxygen atoms in total. The molecule has 1 aliphatic carbocycles. The summed E-state index contributed by atoms with van der Waals surface area (Å²) in [5, 5.41) is 9.05. The van der Waals surface area contributed by atoms with E-state index in [0.29, 0.717) is 5.92 Å². The number of carbonyl (C=O) groups is 1. The molecule has 1 aromatic carbocycles. The number of rotatable bonds is 4. The number of amides is 1. The SMILES string of the molecule is CC(CO)N(C)C(=O)C1CC1c1ccccc1. The summed E-state index contributed by atoms with van der Waals surface area (Å²) >= 11 is 0. The highest BCUT2D eigenvalue weighted by Gasteiger charge is 2.45. The van der Waals surface area contributed by atoms with Crippen molar-refractivity contribution in [2.75, 3.05) is 13.7 Å². The van der Waals surface area contributed by atoms with E-state index in [1.165, 1.54) is 5.56 Å². The Balaban J connectivity index is 1.97. The van der Waals surface area contributed by atoms with Crippen LogP contribution in [-0.2, 0) is 4.79 Å². The van der Waals surface area contributed by atoms with Gasteiger partial charge in [-0.3, -0.25) is 4.79 Å². The van der Waals surface area contributed by atoms with Gasteiger partial charge in [0.05, 0.1) is 12.6 Å². The molecule has 0 saturated heterocycles. The fraction of sp³-hybridized carbons (Fsp3) is 0.500. The average molecular weight is 233 g/mol. The topological polar surface area (TPSA) is 40.5 Å². The van der Waals surface area contributed by atoms with Crippen molar-refractivity contribution in [1.29, 1.82) is 0 Å². The monoisotopic (exact) mass is 233 g/mol. The van der Waals surface area contributed by atoms with E-state index >= 15 is 0 Å². The van der Waals surface area contributed by atoms with Crippen molar-refractivity contribution in [1.82, 2.24) is 4.90 Å². The quantitative estimate of drug-likeness (QED) is 0.858. The molecule has 1 aromatic rings. The van der Waals surface area contributed by atoms with E-state index in [2.05, 4.69) is 12.1 Å². The maximum atomic E-state index is 12.1. The molecular formula is C14H19NO2. The Labute approximate surface area is 102 Å². The molecule has 1 aliphatic rings. The van der Waals surface area contributed by atoms with Gasteiger partial charge in [0.15, 0.2) is 0 Å². The number of nitrogens with zero attached hydrogens (tertiary/aromatic N) is 1. The second-order valence-corrected chi connectivity index (χ2v) is 4.84. The number of benzene rings is 1. The molecule has 0 aromatic heterocycles. The van der Waals surface area contributed by atoms with Gasteiger partial charge in [-0.15, -0.1) is 0 Å². The normalized spacial score (nSPS) is 24.2. The Morgan fingerprint density at radius 3 is 2.71 bits per heavy atom. The van der Waals surface area contributed by atoms with E-state index in [4.69, 9.17) is 5.11 Å². The first-order valence-electron chi connectivity index (χ1n) is 6.07. The summed E-state index contributed by atoms with van der Waals surface area (Å²) in [6, 6.07) is 10.1. The van der Waals surface area contributed by atoms with Gasteiger partial charge in [0.2, 0.25) is 5.91 Å². The van der Waals surface area contributed by atoms with Gasteiger partial charge in [-0.05, 0) is 24.8 Å². The van der Waals surface area contributed by atoms with Gasteiger partial charge in [-0.25, -0.2) is 0 Å². The van der Waals surface area contributed by atoms with Crippen LogP contribution in [0.4, 0.5) is 0 Å². The second kappa shape index (κ2) is 4.88. The number of carbonyl (C=O) groups excluding carboxylic acids is 1. The number of hydrogen-bond donors (Lipinski definition) is 1. The third-order valence-corrected chi connectivity index (χ3v) is 3.61. The lowest BCUT2D eigenvalue weighted by Crippen LogP contribution is -2.38. The van der Waals surface area contributed by atoms with Crippen molar-refractivity contribution in [2.45, 2.75) is 25.3 Å². The van der Waals surface area contributed by atoms with Gasteiger partial charge >= 0.3 is 0 Å². The molecular weight excluding hydrogens is 214 g/mol. The molecule has 0 bridgehead atoms. The van der Waals surface area contributed by atoms with Crippen LogP contribution in [0.25, 0.3) is 0 Å². The van der Waals surface area contributed by atoms with E-state index in [9.17, 15) is 4.79 Å². The Bertz CT molecular complexity index is 390. The lowest BCUT2D eigenvalue weighted by atomic mass is 10.1. The predicted octanol–water partition coefficient (Wildman–Crippen LogP) is 1.63. The van der Waals surface area contributed by atoms with Gasteiger partial charge < -0.3 is 10.0 Å². The van der Waals surface area contributed by atoms with Crippen LogP contribution in [0, 0.1) is 5.92 Å². The van der Waals surface area contributed by atoms with E-state index < -0.39 is 0 Å². The van der Waals surface area contributed by atoms with Crippen molar-refractivity contribution in [3.8, 4) is 0 Å². The molecule has 0 spiro atoms. The highest BCUT2D eigenvalue weighted by molar-refractivity contribution is 5.83. The summed E-state index contributed by atoms with van der Waals surface area (Å²) in [6.07, 6.45) is 0.936. The molecule has 17 heavy (non-hydrogen) atoms. The molecule has 1 fully saturated rings.